The lowest BCUT2D eigenvalue weighted by atomic mass is 10.1. The summed E-state index contributed by atoms with van der Waals surface area (Å²) in [6.07, 6.45) is 1.24. The van der Waals surface area contributed by atoms with Crippen molar-refractivity contribution < 1.29 is 12.8 Å². The monoisotopic (exact) mass is 358 g/mol. The summed E-state index contributed by atoms with van der Waals surface area (Å²) in [5.41, 5.74) is 0.771. The third-order valence-electron chi connectivity index (χ3n) is 2.68. The number of benzene rings is 1. The number of nitrogens with one attached hydrogen (secondary N) is 1. The Balaban J connectivity index is 2.24. The molecule has 7 heteroatoms. The number of aromatic nitrogens is 1. The number of nitrogens with zero attached hydrogens (tertiary/aromatic N) is 1. The van der Waals surface area contributed by atoms with Gasteiger partial charge in [-0.05, 0) is 36.8 Å². The molecule has 0 bridgehead atoms. The van der Waals surface area contributed by atoms with Crippen molar-refractivity contribution in [3.05, 3.63) is 58.4 Å². The van der Waals surface area contributed by atoms with Gasteiger partial charge in [-0.1, -0.05) is 28.1 Å². The fraction of sp³-hybridized carbons (Fsp3) is 0.154. The van der Waals surface area contributed by atoms with Crippen LogP contribution < -0.4 is 4.72 Å². The predicted molar refractivity (Wildman–Crippen MR) is 77.1 cm³/mol. The van der Waals surface area contributed by atoms with Gasteiger partial charge in [-0.15, -0.1) is 0 Å². The van der Waals surface area contributed by atoms with Gasteiger partial charge in [0, 0.05) is 16.7 Å². The molecule has 0 amide bonds. The van der Waals surface area contributed by atoms with Crippen molar-refractivity contribution in [1.29, 1.82) is 0 Å². The molecule has 1 aromatic carbocycles. The highest BCUT2D eigenvalue weighted by molar-refractivity contribution is 9.10. The second kappa shape index (κ2) is 5.99. The highest BCUT2D eigenvalue weighted by Crippen LogP contribution is 2.19. The van der Waals surface area contributed by atoms with Crippen LogP contribution in [-0.2, 0) is 10.0 Å². The van der Waals surface area contributed by atoms with E-state index in [1.807, 2.05) is 12.1 Å². The van der Waals surface area contributed by atoms with Crippen LogP contribution in [0.15, 0.2) is 52.1 Å². The Labute approximate surface area is 125 Å². The number of hydrogen-bond acceptors (Lipinski definition) is 3. The Morgan fingerprint density at radius 2 is 1.90 bits per heavy atom. The molecule has 1 N–H and O–H groups in total. The lowest BCUT2D eigenvalue weighted by molar-refractivity contribution is 0.536. The smallest absolute Gasteiger partial charge is 0.241 e. The summed E-state index contributed by atoms with van der Waals surface area (Å²) in [7, 11) is -4.00. The molecule has 2 rings (SSSR count). The Kier molecular flexibility index (Phi) is 4.52. The first-order valence-corrected chi connectivity index (χ1v) is 8.06. The van der Waals surface area contributed by atoms with Crippen LogP contribution in [0.4, 0.5) is 4.39 Å². The summed E-state index contributed by atoms with van der Waals surface area (Å²) in [6, 6.07) is 9.09. The SMILES string of the molecule is C[C@H](NS(=O)(=O)c1ncccc1F)c1ccc(Br)cc1. The maximum Gasteiger partial charge on any atom is 0.261 e. The Bertz CT molecular complexity index is 705. The van der Waals surface area contributed by atoms with E-state index in [-0.39, 0.29) is 0 Å². The first-order valence-electron chi connectivity index (χ1n) is 5.78. The maximum absolute atomic E-state index is 13.5. The Hall–Kier alpha value is -1.31. The molecule has 0 fully saturated rings. The lowest BCUT2D eigenvalue weighted by Crippen LogP contribution is -2.28. The van der Waals surface area contributed by atoms with E-state index in [0.29, 0.717) is 0 Å². The highest BCUT2D eigenvalue weighted by Gasteiger charge is 2.23. The molecule has 0 saturated carbocycles. The molecule has 4 nitrogen and oxygen atoms in total. The molecule has 1 aromatic heterocycles. The van der Waals surface area contributed by atoms with Crippen LogP contribution in [0.5, 0.6) is 0 Å². The first kappa shape index (κ1) is 15.1. The Morgan fingerprint density at radius 3 is 2.50 bits per heavy atom. The van der Waals surface area contributed by atoms with E-state index in [2.05, 4.69) is 25.6 Å². The second-order valence-electron chi connectivity index (χ2n) is 4.18. The minimum Gasteiger partial charge on any atom is -0.241 e. The van der Waals surface area contributed by atoms with Crippen LogP contribution in [0.2, 0.25) is 0 Å². The summed E-state index contributed by atoms with van der Waals surface area (Å²) in [5, 5.41) is -0.594. The van der Waals surface area contributed by atoms with Gasteiger partial charge in [0.05, 0.1) is 0 Å². The molecule has 0 radical (unpaired) electrons. The van der Waals surface area contributed by atoms with Crippen molar-refractivity contribution >= 4 is 26.0 Å². The van der Waals surface area contributed by atoms with Crippen molar-refractivity contribution in [2.75, 3.05) is 0 Å². The average molecular weight is 359 g/mol. The zero-order chi connectivity index (χ0) is 14.8. The lowest BCUT2D eigenvalue weighted by Gasteiger charge is -2.14. The second-order valence-corrected chi connectivity index (χ2v) is 6.73. The minimum absolute atomic E-state index is 0.491. The van der Waals surface area contributed by atoms with E-state index in [1.54, 1.807) is 19.1 Å². The fourth-order valence-electron chi connectivity index (χ4n) is 1.68. The first-order chi connectivity index (χ1) is 9.40. The summed E-state index contributed by atoms with van der Waals surface area (Å²) < 4.78 is 41.0. The van der Waals surface area contributed by atoms with Gasteiger partial charge in [-0.3, -0.25) is 0 Å². The van der Waals surface area contributed by atoms with Gasteiger partial charge >= 0.3 is 0 Å². The van der Waals surface area contributed by atoms with E-state index in [4.69, 9.17) is 0 Å². The number of halogens is 2. The van der Waals surface area contributed by atoms with E-state index < -0.39 is 26.9 Å². The van der Waals surface area contributed by atoms with E-state index in [9.17, 15) is 12.8 Å². The standard InChI is InChI=1S/C13H12BrFN2O2S/c1-9(10-4-6-11(14)7-5-10)17-20(18,19)13-12(15)3-2-8-16-13/h2-9,17H,1H3/t9-/m0/s1. The molecule has 0 unspecified atom stereocenters. The van der Waals surface area contributed by atoms with Gasteiger partial charge in [0.2, 0.25) is 5.03 Å². The van der Waals surface area contributed by atoms with Gasteiger partial charge < -0.3 is 0 Å². The molecule has 0 aliphatic carbocycles. The van der Waals surface area contributed by atoms with Gasteiger partial charge in [-0.25, -0.2) is 22.5 Å². The third kappa shape index (κ3) is 3.41. The summed E-state index contributed by atoms with van der Waals surface area (Å²) in [6.45, 7) is 1.68. The molecular weight excluding hydrogens is 347 g/mol. The quantitative estimate of drug-likeness (QED) is 0.913. The molecule has 1 heterocycles. The summed E-state index contributed by atoms with van der Waals surface area (Å²) >= 11 is 3.30. The molecular formula is C13H12BrFN2O2S. The summed E-state index contributed by atoms with van der Waals surface area (Å²) in [5.74, 6) is -0.872. The Morgan fingerprint density at radius 1 is 1.25 bits per heavy atom. The predicted octanol–water partition coefficient (Wildman–Crippen LogP) is 3.02. The number of sulfonamides is 1. The number of hydrogen-bond donors (Lipinski definition) is 1. The van der Waals surface area contributed by atoms with Gasteiger partial charge in [-0.2, -0.15) is 0 Å². The van der Waals surface area contributed by atoms with Crippen LogP contribution in [0.25, 0.3) is 0 Å². The van der Waals surface area contributed by atoms with Gasteiger partial charge in [0.25, 0.3) is 10.0 Å². The molecule has 106 valence electrons. The number of pyridine rings is 1. The summed E-state index contributed by atoms with van der Waals surface area (Å²) in [4.78, 5) is 3.58. The van der Waals surface area contributed by atoms with Gasteiger partial charge in [0.1, 0.15) is 0 Å². The van der Waals surface area contributed by atoms with Crippen molar-refractivity contribution in [2.45, 2.75) is 18.0 Å². The average Bonchev–Trinajstić information content (AvgIpc) is 2.39. The van der Waals surface area contributed by atoms with E-state index in [1.165, 1.54) is 12.3 Å². The molecule has 20 heavy (non-hydrogen) atoms. The topological polar surface area (TPSA) is 59.1 Å². The molecule has 1 atom stereocenters. The molecule has 0 aliphatic heterocycles. The molecule has 0 aliphatic rings. The zero-order valence-electron chi connectivity index (χ0n) is 10.5. The van der Waals surface area contributed by atoms with Crippen LogP contribution in [0, 0.1) is 5.82 Å². The normalized spacial score (nSPS) is 13.2. The third-order valence-corrected chi connectivity index (χ3v) is 4.68. The largest absolute Gasteiger partial charge is 0.261 e. The fourth-order valence-corrected chi connectivity index (χ4v) is 3.18. The maximum atomic E-state index is 13.5. The molecule has 2 aromatic rings. The van der Waals surface area contributed by atoms with Crippen molar-refractivity contribution in [2.24, 2.45) is 0 Å². The van der Waals surface area contributed by atoms with Crippen LogP contribution in [-0.4, -0.2) is 13.4 Å². The zero-order valence-corrected chi connectivity index (χ0v) is 12.9. The number of rotatable bonds is 4. The van der Waals surface area contributed by atoms with E-state index in [0.717, 1.165) is 16.1 Å². The highest BCUT2D eigenvalue weighted by atomic mass is 79.9. The van der Waals surface area contributed by atoms with E-state index >= 15 is 0 Å². The molecule has 0 saturated heterocycles. The van der Waals surface area contributed by atoms with Crippen molar-refractivity contribution in [3.8, 4) is 0 Å². The van der Waals surface area contributed by atoms with Crippen molar-refractivity contribution in [1.82, 2.24) is 9.71 Å². The van der Waals surface area contributed by atoms with Crippen LogP contribution >= 0.6 is 15.9 Å². The van der Waals surface area contributed by atoms with Gasteiger partial charge in [0.15, 0.2) is 5.82 Å². The van der Waals surface area contributed by atoms with Crippen LogP contribution in [0.3, 0.4) is 0 Å². The van der Waals surface area contributed by atoms with Crippen LogP contribution in [0.1, 0.15) is 18.5 Å². The van der Waals surface area contributed by atoms with Crippen molar-refractivity contribution in [3.63, 3.8) is 0 Å². The minimum atomic E-state index is -4.00. The molecule has 0 spiro atoms.